The molecule has 0 saturated heterocycles. The van der Waals surface area contributed by atoms with E-state index < -0.39 is 0 Å². The van der Waals surface area contributed by atoms with Crippen LogP contribution in [0.1, 0.15) is 31.1 Å². The molecule has 0 aliphatic heterocycles. The summed E-state index contributed by atoms with van der Waals surface area (Å²) in [5, 5.41) is 3.96. The number of hydrogen-bond donors (Lipinski definition) is 0. The van der Waals surface area contributed by atoms with Crippen LogP contribution in [0.3, 0.4) is 0 Å². The molecule has 0 radical (unpaired) electrons. The van der Waals surface area contributed by atoms with Crippen LogP contribution in [0.15, 0.2) is 33.5 Å². The Morgan fingerprint density at radius 2 is 2.14 bits per heavy atom. The van der Waals surface area contributed by atoms with Gasteiger partial charge in [0.1, 0.15) is 6.26 Å². The fourth-order valence-electron chi connectivity index (χ4n) is 2.31. The first kappa shape index (κ1) is 13.0. The standard InChI is InChI=1S/C15H14N4O3/c1-20-12-6-5-10(7-16-12)13-18-15(22-19-13)11-8-21-14(17-11)9-3-2-4-9/h5-9H,2-4H2,1H3. The van der Waals surface area contributed by atoms with Crippen LogP contribution in [-0.4, -0.2) is 27.2 Å². The molecule has 1 aliphatic rings. The van der Waals surface area contributed by atoms with Gasteiger partial charge >= 0.3 is 0 Å². The fraction of sp³-hybridized carbons (Fsp3) is 0.333. The third-order valence-corrected chi connectivity index (χ3v) is 3.83. The molecule has 1 aliphatic carbocycles. The maximum absolute atomic E-state index is 5.50. The molecule has 0 bridgehead atoms. The number of nitrogens with zero attached hydrogens (tertiary/aromatic N) is 4. The van der Waals surface area contributed by atoms with Crippen molar-refractivity contribution >= 4 is 0 Å². The van der Waals surface area contributed by atoms with Crippen molar-refractivity contribution in [2.24, 2.45) is 0 Å². The van der Waals surface area contributed by atoms with Crippen LogP contribution in [0.5, 0.6) is 5.88 Å². The van der Waals surface area contributed by atoms with Crippen LogP contribution >= 0.6 is 0 Å². The highest BCUT2D eigenvalue weighted by atomic mass is 16.5. The van der Waals surface area contributed by atoms with E-state index in [4.69, 9.17) is 13.7 Å². The van der Waals surface area contributed by atoms with Crippen molar-refractivity contribution in [3.05, 3.63) is 30.5 Å². The molecule has 0 N–H and O–H groups in total. The van der Waals surface area contributed by atoms with Crippen molar-refractivity contribution in [1.82, 2.24) is 20.1 Å². The van der Waals surface area contributed by atoms with Crippen molar-refractivity contribution in [3.8, 4) is 28.9 Å². The molecular weight excluding hydrogens is 284 g/mol. The Morgan fingerprint density at radius 1 is 1.23 bits per heavy atom. The van der Waals surface area contributed by atoms with Crippen LogP contribution < -0.4 is 4.74 Å². The molecule has 0 aromatic carbocycles. The van der Waals surface area contributed by atoms with E-state index in [0.717, 1.165) is 24.3 Å². The van der Waals surface area contributed by atoms with Gasteiger partial charge in [0.2, 0.25) is 11.7 Å². The summed E-state index contributed by atoms with van der Waals surface area (Å²) in [4.78, 5) is 12.9. The summed E-state index contributed by atoms with van der Waals surface area (Å²) in [5.41, 5.74) is 1.32. The summed E-state index contributed by atoms with van der Waals surface area (Å²) >= 11 is 0. The molecule has 3 heterocycles. The quantitative estimate of drug-likeness (QED) is 0.731. The van der Waals surface area contributed by atoms with Crippen molar-refractivity contribution < 1.29 is 13.7 Å². The maximum Gasteiger partial charge on any atom is 0.280 e. The lowest BCUT2D eigenvalue weighted by atomic mass is 9.85. The van der Waals surface area contributed by atoms with Crippen LogP contribution in [0.25, 0.3) is 23.0 Å². The van der Waals surface area contributed by atoms with E-state index in [1.165, 1.54) is 6.42 Å². The van der Waals surface area contributed by atoms with Crippen LogP contribution in [-0.2, 0) is 0 Å². The van der Waals surface area contributed by atoms with Crippen LogP contribution in [0, 0.1) is 0 Å². The SMILES string of the molecule is COc1ccc(-c2noc(-c3coc(C4CCC4)n3)n2)cn1. The van der Waals surface area contributed by atoms with Crippen molar-refractivity contribution in [3.63, 3.8) is 0 Å². The van der Waals surface area contributed by atoms with Gasteiger partial charge in [0.05, 0.1) is 7.11 Å². The molecule has 112 valence electrons. The Kier molecular flexibility index (Phi) is 3.10. The Morgan fingerprint density at radius 3 is 2.82 bits per heavy atom. The first-order valence-corrected chi connectivity index (χ1v) is 7.13. The third kappa shape index (κ3) is 2.24. The largest absolute Gasteiger partial charge is 0.481 e. The molecule has 0 amide bonds. The molecule has 1 saturated carbocycles. The van der Waals surface area contributed by atoms with Gasteiger partial charge < -0.3 is 13.7 Å². The van der Waals surface area contributed by atoms with Crippen LogP contribution in [0.4, 0.5) is 0 Å². The summed E-state index contributed by atoms with van der Waals surface area (Å²) < 4.78 is 15.8. The van der Waals surface area contributed by atoms with Gasteiger partial charge in [-0.25, -0.2) is 9.97 Å². The minimum Gasteiger partial charge on any atom is -0.481 e. The number of aromatic nitrogens is 4. The van der Waals surface area contributed by atoms with Gasteiger partial charge in [-0.15, -0.1) is 0 Å². The minimum atomic E-state index is 0.347. The van der Waals surface area contributed by atoms with E-state index in [9.17, 15) is 0 Å². The third-order valence-electron chi connectivity index (χ3n) is 3.83. The Hall–Kier alpha value is -2.70. The molecule has 7 heteroatoms. The second kappa shape index (κ2) is 5.25. The lowest BCUT2D eigenvalue weighted by molar-refractivity contribution is 0.335. The summed E-state index contributed by atoms with van der Waals surface area (Å²) in [7, 11) is 1.57. The number of pyridine rings is 1. The Balaban J connectivity index is 1.58. The lowest BCUT2D eigenvalue weighted by Gasteiger charge is -2.21. The summed E-state index contributed by atoms with van der Waals surface area (Å²) in [6.07, 6.45) is 6.70. The van der Waals surface area contributed by atoms with Gasteiger partial charge in [-0.2, -0.15) is 4.98 Å². The normalized spacial score (nSPS) is 14.8. The molecule has 22 heavy (non-hydrogen) atoms. The highest BCUT2D eigenvalue weighted by Gasteiger charge is 2.25. The number of methoxy groups -OCH3 is 1. The van der Waals surface area contributed by atoms with E-state index in [1.807, 2.05) is 6.07 Å². The number of hydrogen-bond acceptors (Lipinski definition) is 7. The second-order valence-electron chi connectivity index (χ2n) is 5.21. The van der Waals surface area contributed by atoms with Gasteiger partial charge in [-0.1, -0.05) is 11.6 Å². The first-order chi connectivity index (χ1) is 10.8. The predicted octanol–water partition coefficient (Wildman–Crippen LogP) is 3.06. The Bertz CT molecular complexity index is 774. The van der Waals surface area contributed by atoms with E-state index in [-0.39, 0.29) is 0 Å². The van der Waals surface area contributed by atoms with E-state index in [1.54, 1.807) is 25.6 Å². The first-order valence-electron chi connectivity index (χ1n) is 7.13. The smallest absolute Gasteiger partial charge is 0.280 e. The highest BCUT2D eigenvalue weighted by molar-refractivity contribution is 5.56. The minimum absolute atomic E-state index is 0.347. The topological polar surface area (TPSA) is 87.1 Å². The zero-order chi connectivity index (χ0) is 14.9. The van der Waals surface area contributed by atoms with Gasteiger partial charge in [-0.05, 0) is 18.9 Å². The summed E-state index contributed by atoms with van der Waals surface area (Å²) in [6.45, 7) is 0. The van der Waals surface area contributed by atoms with Crippen molar-refractivity contribution in [2.45, 2.75) is 25.2 Å². The van der Waals surface area contributed by atoms with Crippen LogP contribution in [0.2, 0.25) is 0 Å². The monoisotopic (exact) mass is 298 g/mol. The lowest BCUT2D eigenvalue weighted by Crippen LogP contribution is -2.08. The Labute approximate surface area is 126 Å². The van der Waals surface area contributed by atoms with Crippen molar-refractivity contribution in [1.29, 1.82) is 0 Å². The van der Waals surface area contributed by atoms with Gasteiger partial charge in [-0.3, -0.25) is 0 Å². The zero-order valence-corrected chi connectivity index (χ0v) is 12.0. The molecule has 1 fully saturated rings. The fourth-order valence-corrected chi connectivity index (χ4v) is 2.31. The molecule has 3 aromatic heterocycles. The second-order valence-corrected chi connectivity index (χ2v) is 5.21. The predicted molar refractivity (Wildman–Crippen MR) is 76.2 cm³/mol. The zero-order valence-electron chi connectivity index (χ0n) is 12.0. The van der Waals surface area contributed by atoms with Gasteiger partial charge in [0, 0.05) is 23.7 Å². The maximum atomic E-state index is 5.50. The molecule has 0 unspecified atom stereocenters. The number of oxazole rings is 1. The van der Waals surface area contributed by atoms with E-state index >= 15 is 0 Å². The summed E-state index contributed by atoms with van der Waals surface area (Å²) in [5.74, 6) is 2.53. The van der Waals surface area contributed by atoms with E-state index in [0.29, 0.717) is 29.2 Å². The summed E-state index contributed by atoms with van der Waals surface area (Å²) in [6, 6.07) is 3.57. The number of rotatable bonds is 4. The molecule has 0 atom stereocenters. The molecule has 0 spiro atoms. The molecular formula is C15H14N4O3. The number of ether oxygens (including phenoxy) is 1. The average molecular weight is 298 g/mol. The molecule has 7 nitrogen and oxygen atoms in total. The average Bonchev–Trinajstić information content (AvgIpc) is 3.14. The molecule has 3 aromatic rings. The van der Waals surface area contributed by atoms with E-state index in [2.05, 4.69) is 20.1 Å². The highest BCUT2D eigenvalue weighted by Crippen LogP contribution is 2.36. The molecule has 4 rings (SSSR count). The van der Waals surface area contributed by atoms with Crippen molar-refractivity contribution in [2.75, 3.05) is 7.11 Å². The van der Waals surface area contributed by atoms with Gasteiger partial charge in [0.25, 0.3) is 5.89 Å². The van der Waals surface area contributed by atoms with Gasteiger partial charge in [0.15, 0.2) is 11.6 Å².